The van der Waals surface area contributed by atoms with Gasteiger partial charge < -0.3 is 33.8 Å². The van der Waals surface area contributed by atoms with Gasteiger partial charge >= 0.3 is 39.5 Å². The van der Waals surface area contributed by atoms with E-state index >= 15 is 0 Å². The van der Waals surface area contributed by atoms with Crippen molar-refractivity contribution in [1.82, 2.24) is 0 Å². The van der Waals surface area contributed by atoms with Crippen molar-refractivity contribution in [3.8, 4) is 0 Å². The van der Waals surface area contributed by atoms with Crippen LogP contribution >= 0.6 is 15.6 Å². The molecule has 0 aliphatic carbocycles. The highest BCUT2D eigenvalue weighted by Gasteiger charge is 2.30. The molecule has 564 valence electrons. The second kappa shape index (κ2) is 67.9. The van der Waals surface area contributed by atoms with E-state index in [0.29, 0.717) is 25.7 Å². The summed E-state index contributed by atoms with van der Waals surface area (Å²) in [5.41, 5.74) is 0. The summed E-state index contributed by atoms with van der Waals surface area (Å²) in [7, 11) is -9.91. The van der Waals surface area contributed by atoms with Gasteiger partial charge in [-0.05, 0) is 37.5 Å². The molecule has 5 atom stereocenters. The van der Waals surface area contributed by atoms with Crippen LogP contribution in [0.5, 0.6) is 0 Å². The summed E-state index contributed by atoms with van der Waals surface area (Å²) in [4.78, 5) is 72.7. The number of rotatable bonds is 75. The van der Waals surface area contributed by atoms with Gasteiger partial charge in [-0.15, -0.1) is 0 Å². The summed E-state index contributed by atoms with van der Waals surface area (Å²) >= 11 is 0. The molecule has 0 aliphatic rings. The molecule has 0 spiro atoms. The molecule has 19 heteroatoms. The highest BCUT2D eigenvalue weighted by Crippen LogP contribution is 2.45. The Labute approximate surface area is 581 Å². The van der Waals surface area contributed by atoms with Crippen LogP contribution < -0.4 is 0 Å². The molecule has 0 aliphatic heterocycles. The summed E-state index contributed by atoms with van der Waals surface area (Å²) in [6.07, 6.45) is 55.4. The lowest BCUT2D eigenvalue weighted by Gasteiger charge is -2.21. The molecular weight excluding hydrogens is 1250 g/mol. The summed E-state index contributed by atoms with van der Waals surface area (Å²) in [5.74, 6) is -0.513. The molecule has 0 aromatic heterocycles. The second-order valence-electron chi connectivity index (χ2n) is 28.3. The first kappa shape index (κ1) is 93.1. The molecule has 2 unspecified atom stereocenters. The third-order valence-electron chi connectivity index (χ3n) is 17.7. The van der Waals surface area contributed by atoms with Gasteiger partial charge in [0.15, 0.2) is 12.2 Å². The van der Waals surface area contributed by atoms with E-state index in [-0.39, 0.29) is 25.7 Å². The number of aliphatic hydroxyl groups excluding tert-OH is 1. The van der Waals surface area contributed by atoms with Gasteiger partial charge in [-0.1, -0.05) is 343 Å². The Balaban J connectivity index is 5.21. The van der Waals surface area contributed by atoms with Crippen LogP contribution in [0.25, 0.3) is 0 Å². The van der Waals surface area contributed by atoms with Crippen molar-refractivity contribution in [3.05, 3.63) is 0 Å². The molecule has 3 N–H and O–H groups in total. The standard InChI is InChI=1S/C76H148O17P2/c1-7-9-11-13-15-17-34-40-46-52-58-73(78)86-64-71(92-75(80)60-54-48-42-35-18-16-14-12-10-8-2)66-90-94(82,83)88-62-70(77)63-89-95(84,85)91-67-72(65-87-74(79)59-53-47-41-36-30-26-23-22-25-29-33-39-45-51-57-69(5)6)93-76(81)61-55-49-43-37-31-27-21-19-20-24-28-32-38-44-50-56-68(3)4/h68-72,77H,7-67H2,1-6H3,(H,82,83)(H,84,85)/t70-,71+,72+/m0/s1. The molecule has 0 amide bonds. The zero-order chi connectivity index (χ0) is 70.0. The fourth-order valence-electron chi connectivity index (χ4n) is 11.7. The highest BCUT2D eigenvalue weighted by atomic mass is 31.2. The minimum absolute atomic E-state index is 0.107. The Morgan fingerprint density at radius 1 is 0.284 bits per heavy atom. The van der Waals surface area contributed by atoms with E-state index in [9.17, 15) is 43.2 Å². The van der Waals surface area contributed by atoms with Gasteiger partial charge in [-0.25, -0.2) is 9.13 Å². The molecule has 17 nitrogen and oxygen atoms in total. The predicted molar refractivity (Wildman–Crippen MR) is 386 cm³/mol. The lowest BCUT2D eigenvalue weighted by Crippen LogP contribution is -2.30. The van der Waals surface area contributed by atoms with Gasteiger partial charge in [0.05, 0.1) is 26.4 Å². The molecule has 0 fully saturated rings. The maximum absolute atomic E-state index is 13.1. The summed E-state index contributed by atoms with van der Waals surface area (Å²) in [6.45, 7) is 9.63. The first-order valence-electron chi connectivity index (χ1n) is 39.5. The van der Waals surface area contributed by atoms with Crippen molar-refractivity contribution in [2.75, 3.05) is 39.6 Å². The van der Waals surface area contributed by atoms with Crippen molar-refractivity contribution in [2.45, 2.75) is 413 Å². The van der Waals surface area contributed by atoms with Crippen molar-refractivity contribution < 1.29 is 80.2 Å². The predicted octanol–water partition coefficient (Wildman–Crippen LogP) is 22.3. The number of phosphoric ester groups is 2. The van der Waals surface area contributed by atoms with Gasteiger partial charge in [-0.2, -0.15) is 0 Å². The van der Waals surface area contributed by atoms with Crippen LogP contribution in [-0.4, -0.2) is 96.7 Å². The maximum Gasteiger partial charge on any atom is 0.472 e. The van der Waals surface area contributed by atoms with Crippen LogP contribution in [0.2, 0.25) is 0 Å². The Morgan fingerprint density at radius 2 is 0.484 bits per heavy atom. The van der Waals surface area contributed by atoms with Crippen molar-refractivity contribution in [3.63, 3.8) is 0 Å². The largest absolute Gasteiger partial charge is 0.472 e. The average Bonchev–Trinajstić information content (AvgIpc) is 2.59. The molecular formula is C76H148O17P2. The Hall–Kier alpha value is -1.94. The Kier molecular flexibility index (Phi) is 66.5. The van der Waals surface area contributed by atoms with Crippen LogP contribution in [0.15, 0.2) is 0 Å². The molecule has 95 heavy (non-hydrogen) atoms. The molecule has 0 saturated heterocycles. The van der Waals surface area contributed by atoms with Crippen LogP contribution in [0.1, 0.15) is 395 Å². The van der Waals surface area contributed by atoms with Crippen LogP contribution in [0.4, 0.5) is 0 Å². The third-order valence-corrected chi connectivity index (χ3v) is 19.6. The van der Waals surface area contributed by atoms with Gasteiger partial charge in [0.2, 0.25) is 0 Å². The number of aliphatic hydroxyl groups is 1. The average molecular weight is 1400 g/mol. The molecule has 0 aromatic carbocycles. The smallest absolute Gasteiger partial charge is 0.462 e. The molecule has 0 rings (SSSR count). The molecule has 0 radical (unpaired) electrons. The number of phosphoric acid groups is 2. The lowest BCUT2D eigenvalue weighted by atomic mass is 10.0. The minimum atomic E-state index is -4.96. The van der Waals surface area contributed by atoms with Gasteiger partial charge in [0, 0.05) is 25.7 Å². The highest BCUT2D eigenvalue weighted by molar-refractivity contribution is 7.47. The number of carbonyl (C=O) groups is 4. The minimum Gasteiger partial charge on any atom is -0.462 e. The van der Waals surface area contributed by atoms with E-state index in [1.807, 2.05) is 0 Å². The number of esters is 4. The Morgan fingerprint density at radius 3 is 0.716 bits per heavy atom. The number of unbranched alkanes of at least 4 members (excludes halogenated alkanes) is 45. The second-order valence-corrected chi connectivity index (χ2v) is 31.3. The lowest BCUT2D eigenvalue weighted by molar-refractivity contribution is -0.161. The van der Waals surface area contributed by atoms with Crippen LogP contribution in [0.3, 0.4) is 0 Å². The maximum atomic E-state index is 13.1. The summed E-state index contributed by atoms with van der Waals surface area (Å²) in [6, 6.07) is 0. The molecule has 0 bridgehead atoms. The van der Waals surface area contributed by atoms with Gasteiger partial charge in [-0.3, -0.25) is 37.3 Å². The molecule has 0 heterocycles. The van der Waals surface area contributed by atoms with Crippen molar-refractivity contribution in [1.29, 1.82) is 0 Å². The van der Waals surface area contributed by atoms with E-state index < -0.39 is 97.5 Å². The fourth-order valence-corrected chi connectivity index (χ4v) is 13.2. The van der Waals surface area contributed by atoms with Gasteiger partial charge in [0.1, 0.15) is 19.3 Å². The number of hydrogen-bond donors (Lipinski definition) is 3. The Bertz CT molecular complexity index is 1840. The van der Waals surface area contributed by atoms with E-state index in [1.165, 1.54) is 212 Å². The van der Waals surface area contributed by atoms with E-state index in [0.717, 1.165) is 102 Å². The number of hydrogen-bond acceptors (Lipinski definition) is 15. The van der Waals surface area contributed by atoms with E-state index in [4.69, 9.17) is 37.0 Å². The fraction of sp³-hybridized carbons (Fsp3) is 0.947. The SMILES string of the molecule is CCCCCCCCCCCCC(=O)OC[C@H](COP(=O)(O)OC[C@H](O)COP(=O)(O)OC[C@@H](COC(=O)CCCCCCCCCCCCCCCCC(C)C)OC(=O)CCCCCCCCCCCCCCCCCC(C)C)OC(=O)CCCCCCCCCCCC. The number of ether oxygens (including phenoxy) is 4. The topological polar surface area (TPSA) is 237 Å². The third kappa shape index (κ3) is 70.3. The molecule has 0 aromatic rings. The first-order valence-corrected chi connectivity index (χ1v) is 42.5. The normalized spacial score (nSPS) is 14.0. The number of carbonyl (C=O) groups excluding carboxylic acids is 4. The first-order chi connectivity index (χ1) is 45.9. The molecule has 0 saturated carbocycles. The van der Waals surface area contributed by atoms with E-state index in [1.54, 1.807) is 0 Å². The quantitative estimate of drug-likeness (QED) is 0.0222. The summed E-state index contributed by atoms with van der Waals surface area (Å²) < 4.78 is 68.5. The van der Waals surface area contributed by atoms with Crippen LogP contribution in [0, 0.1) is 11.8 Å². The summed E-state index contributed by atoms with van der Waals surface area (Å²) in [5, 5.41) is 10.6. The van der Waals surface area contributed by atoms with Crippen molar-refractivity contribution >= 4 is 39.5 Å². The zero-order valence-corrected chi connectivity index (χ0v) is 63.8. The van der Waals surface area contributed by atoms with Crippen LogP contribution in [-0.2, 0) is 65.4 Å². The zero-order valence-electron chi connectivity index (χ0n) is 62.0. The monoisotopic (exact) mass is 1400 g/mol. The van der Waals surface area contributed by atoms with Crippen molar-refractivity contribution in [2.24, 2.45) is 11.8 Å². The van der Waals surface area contributed by atoms with E-state index in [2.05, 4.69) is 41.5 Å². The van der Waals surface area contributed by atoms with Gasteiger partial charge in [0.25, 0.3) is 0 Å².